The number of urea groups is 1. The number of rotatable bonds is 5. The lowest BCUT2D eigenvalue weighted by Gasteiger charge is -2.24. The molecular weight excluding hydrogens is 302 g/mol. The number of nitrogens with zero attached hydrogens (tertiary/aromatic N) is 2. The van der Waals surface area contributed by atoms with E-state index in [9.17, 15) is 4.79 Å². The van der Waals surface area contributed by atoms with Gasteiger partial charge < -0.3 is 14.2 Å². The van der Waals surface area contributed by atoms with Crippen LogP contribution in [0, 0.1) is 6.92 Å². The van der Waals surface area contributed by atoms with Gasteiger partial charge in [0.2, 0.25) is 0 Å². The highest BCUT2D eigenvalue weighted by Gasteiger charge is 2.23. The maximum atomic E-state index is 12.5. The van der Waals surface area contributed by atoms with Crippen LogP contribution < -0.4 is 5.32 Å². The first-order valence-electron chi connectivity index (χ1n) is 7.34. The highest BCUT2D eigenvalue weighted by atomic mass is 32.1. The lowest BCUT2D eigenvalue weighted by molar-refractivity contribution is 0.0821. The van der Waals surface area contributed by atoms with Crippen LogP contribution in [0.2, 0.25) is 0 Å². The van der Waals surface area contributed by atoms with Gasteiger partial charge in [-0.05, 0) is 31.2 Å². The van der Waals surface area contributed by atoms with Gasteiger partial charge in [-0.25, -0.2) is 4.79 Å². The molecule has 0 radical (unpaired) electrons. The van der Waals surface area contributed by atoms with Crippen molar-refractivity contribution < 1.29 is 14.1 Å². The topological polar surface area (TPSA) is 67.6 Å². The van der Waals surface area contributed by atoms with E-state index in [1.165, 1.54) is 0 Å². The Morgan fingerprint density at radius 2 is 2.50 bits per heavy atom. The number of nitrogens with one attached hydrogen (secondary N) is 1. The molecule has 1 atom stereocenters. The van der Waals surface area contributed by atoms with Crippen LogP contribution in [-0.2, 0) is 11.3 Å². The van der Waals surface area contributed by atoms with Gasteiger partial charge in [0.15, 0.2) is 5.82 Å². The van der Waals surface area contributed by atoms with Crippen molar-refractivity contribution in [3.63, 3.8) is 0 Å². The molecule has 2 amide bonds. The predicted octanol–water partition coefficient (Wildman–Crippen LogP) is 3.26. The molecule has 3 rings (SSSR count). The molecule has 2 aromatic heterocycles. The van der Waals surface area contributed by atoms with Gasteiger partial charge in [-0.15, -0.1) is 11.3 Å². The predicted molar refractivity (Wildman–Crippen MR) is 84.0 cm³/mol. The van der Waals surface area contributed by atoms with Gasteiger partial charge in [0, 0.05) is 24.1 Å². The van der Waals surface area contributed by atoms with Crippen LogP contribution in [0.25, 0.3) is 0 Å². The highest BCUT2D eigenvalue weighted by molar-refractivity contribution is 7.09. The Labute approximate surface area is 133 Å². The second-order valence-electron chi connectivity index (χ2n) is 5.35. The molecule has 7 heteroatoms. The Kier molecular flexibility index (Phi) is 4.74. The van der Waals surface area contributed by atoms with E-state index >= 15 is 0 Å². The van der Waals surface area contributed by atoms with Crippen molar-refractivity contribution in [1.29, 1.82) is 0 Å². The van der Waals surface area contributed by atoms with Gasteiger partial charge in [0.25, 0.3) is 0 Å². The van der Waals surface area contributed by atoms with Crippen LogP contribution >= 0.6 is 11.3 Å². The normalized spacial score (nSPS) is 17.6. The maximum absolute atomic E-state index is 12.5. The Bertz CT molecular complexity index is 605. The first kappa shape index (κ1) is 15.1. The van der Waals surface area contributed by atoms with Crippen molar-refractivity contribution in [2.75, 3.05) is 18.5 Å². The fourth-order valence-corrected chi connectivity index (χ4v) is 3.18. The summed E-state index contributed by atoms with van der Waals surface area (Å²) in [5.41, 5.74) is 0. The zero-order valence-corrected chi connectivity index (χ0v) is 13.3. The SMILES string of the molecule is Cc1cc(NC(=O)N(Cc2cccs2)C[C@@H]2CCCO2)no1. The van der Waals surface area contributed by atoms with Crippen molar-refractivity contribution in [2.45, 2.75) is 32.4 Å². The summed E-state index contributed by atoms with van der Waals surface area (Å²) in [7, 11) is 0. The van der Waals surface area contributed by atoms with E-state index in [2.05, 4.69) is 10.5 Å². The molecule has 1 aliphatic heterocycles. The molecule has 1 fully saturated rings. The molecule has 0 spiro atoms. The summed E-state index contributed by atoms with van der Waals surface area (Å²) in [6.07, 6.45) is 2.17. The summed E-state index contributed by atoms with van der Waals surface area (Å²) >= 11 is 1.64. The number of anilines is 1. The number of thiophene rings is 1. The van der Waals surface area contributed by atoms with Gasteiger partial charge >= 0.3 is 6.03 Å². The van der Waals surface area contributed by atoms with E-state index in [0.29, 0.717) is 24.7 Å². The van der Waals surface area contributed by atoms with Gasteiger partial charge in [0.1, 0.15) is 5.76 Å². The van der Waals surface area contributed by atoms with E-state index in [4.69, 9.17) is 9.26 Å². The molecule has 1 aliphatic rings. The smallest absolute Gasteiger partial charge is 0.323 e. The molecule has 118 valence electrons. The molecule has 2 aromatic rings. The Hall–Kier alpha value is -1.86. The monoisotopic (exact) mass is 321 g/mol. The zero-order valence-electron chi connectivity index (χ0n) is 12.4. The fourth-order valence-electron chi connectivity index (χ4n) is 2.46. The van der Waals surface area contributed by atoms with Crippen molar-refractivity contribution in [3.8, 4) is 0 Å². The van der Waals surface area contributed by atoms with Gasteiger partial charge in [-0.1, -0.05) is 11.2 Å². The van der Waals surface area contributed by atoms with E-state index in [0.717, 1.165) is 24.3 Å². The van der Waals surface area contributed by atoms with Gasteiger partial charge in [-0.3, -0.25) is 5.32 Å². The molecule has 0 saturated carbocycles. The second-order valence-corrected chi connectivity index (χ2v) is 6.38. The van der Waals surface area contributed by atoms with Crippen LogP contribution in [0.3, 0.4) is 0 Å². The van der Waals surface area contributed by atoms with Crippen LogP contribution in [0.1, 0.15) is 23.5 Å². The first-order valence-corrected chi connectivity index (χ1v) is 8.22. The first-order chi connectivity index (χ1) is 10.7. The van der Waals surface area contributed by atoms with Crippen molar-refractivity contribution in [2.24, 2.45) is 0 Å². The minimum Gasteiger partial charge on any atom is -0.376 e. The van der Waals surface area contributed by atoms with Crippen LogP contribution in [0.5, 0.6) is 0 Å². The second kappa shape index (κ2) is 6.93. The number of hydrogen-bond donors (Lipinski definition) is 1. The molecule has 3 heterocycles. The molecular formula is C15H19N3O3S. The van der Waals surface area contributed by atoms with Gasteiger partial charge in [-0.2, -0.15) is 0 Å². The number of carbonyl (C=O) groups excluding carboxylic acids is 1. The molecule has 6 nitrogen and oxygen atoms in total. The largest absolute Gasteiger partial charge is 0.376 e. The van der Waals surface area contributed by atoms with Crippen molar-refractivity contribution in [3.05, 3.63) is 34.2 Å². The van der Waals surface area contributed by atoms with Gasteiger partial charge in [0.05, 0.1) is 12.6 Å². The lowest BCUT2D eigenvalue weighted by atomic mass is 10.2. The maximum Gasteiger partial charge on any atom is 0.323 e. The molecule has 0 unspecified atom stereocenters. The quantitative estimate of drug-likeness (QED) is 0.918. The zero-order chi connectivity index (χ0) is 15.4. The average molecular weight is 321 g/mol. The molecule has 1 saturated heterocycles. The Morgan fingerprint density at radius 1 is 1.59 bits per heavy atom. The summed E-state index contributed by atoms with van der Waals surface area (Å²) in [5.74, 6) is 1.10. The Balaban J connectivity index is 1.66. The lowest BCUT2D eigenvalue weighted by Crippen LogP contribution is -2.39. The molecule has 22 heavy (non-hydrogen) atoms. The molecule has 1 N–H and O–H groups in total. The van der Waals surface area contributed by atoms with Crippen molar-refractivity contribution in [1.82, 2.24) is 10.1 Å². The third kappa shape index (κ3) is 3.86. The van der Waals surface area contributed by atoms with Crippen LogP contribution in [-0.4, -0.2) is 35.3 Å². The Morgan fingerprint density at radius 3 is 3.14 bits per heavy atom. The third-order valence-corrected chi connectivity index (χ3v) is 4.39. The fraction of sp³-hybridized carbons (Fsp3) is 0.467. The molecule has 0 aliphatic carbocycles. The summed E-state index contributed by atoms with van der Waals surface area (Å²) in [6.45, 7) is 3.72. The molecule has 0 bridgehead atoms. The number of aryl methyl sites for hydroxylation is 1. The summed E-state index contributed by atoms with van der Waals surface area (Å²) in [4.78, 5) is 15.4. The number of aromatic nitrogens is 1. The van der Waals surface area contributed by atoms with E-state index in [-0.39, 0.29) is 12.1 Å². The summed E-state index contributed by atoms with van der Waals surface area (Å²) in [6, 6.07) is 5.54. The number of amides is 2. The standard InChI is InChI=1S/C15H19N3O3S/c1-11-8-14(17-21-11)16-15(19)18(9-12-4-2-6-20-12)10-13-5-3-7-22-13/h3,5,7-8,12H,2,4,6,9-10H2,1H3,(H,16,17,19)/t12-/m0/s1. The minimum atomic E-state index is -0.183. The minimum absolute atomic E-state index is 0.116. The van der Waals surface area contributed by atoms with Crippen LogP contribution in [0.15, 0.2) is 28.1 Å². The molecule has 0 aromatic carbocycles. The highest BCUT2D eigenvalue weighted by Crippen LogP contribution is 2.18. The summed E-state index contributed by atoms with van der Waals surface area (Å²) in [5, 5.41) is 8.60. The van der Waals surface area contributed by atoms with E-state index in [1.807, 2.05) is 17.5 Å². The third-order valence-electron chi connectivity index (χ3n) is 3.52. The number of carbonyl (C=O) groups is 1. The van der Waals surface area contributed by atoms with E-state index in [1.54, 1.807) is 29.2 Å². The van der Waals surface area contributed by atoms with Crippen LogP contribution in [0.4, 0.5) is 10.6 Å². The number of hydrogen-bond acceptors (Lipinski definition) is 5. The van der Waals surface area contributed by atoms with E-state index < -0.39 is 0 Å². The van der Waals surface area contributed by atoms with Crippen molar-refractivity contribution >= 4 is 23.2 Å². The summed E-state index contributed by atoms with van der Waals surface area (Å²) < 4.78 is 10.6. The average Bonchev–Trinajstić information content (AvgIpc) is 3.21. The number of ether oxygens (including phenoxy) is 1.